The molecule has 0 N–H and O–H groups in total. The van der Waals surface area contributed by atoms with Gasteiger partial charge in [-0.05, 0) is 401 Å². The number of benzene rings is 18. The predicted octanol–water partition coefficient (Wildman–Crippen LogP) is 36.2. The highest BCUT2D eigenvalue weighted by Crippen LogP contribution is 2.74. The zero-order valence-corrected chi connectivity index (χ0v) is 80.5. The molecular weight excluding hydrogens is 1750 g/mol. The normalized spacial score (nSPS) is 25.2. The average molecular weight is 1850 g/mol. The summed E-state index contributed by atoms with van der Waals surface area (Å²) in [5.41, 5.74) is 43.3. The fourth-order valence-corrected chi connectivity index (χ4v) is 35.0. The molecule has 24 aromatic rings. The van der Waals surface area contributed by atoms with Crippen LogP contribution in [0.4, 0.5) is 0 Å². The van der Waals surface area contributed by atoms with E-state index in [0.29, 0.717) is 0 Å². The van der Waals surface area contributed by atoms with Crippen molar-refractivity contribution in [2.75, 3.05) is 0 Å². The van der Waals surface area contributed by atoms with Gasteiger partial charge in [0, 0.05) is 97.9 Å². The van der Waals surface area contributed by atoms with Crippen molar-refractivity contribution in [3.05, 3.63) is 416 Å². The fourth-order valence-electron chi connectivity index (χ4n) is 35.0. The van der Waals surface area contributed by atoms with Crippen LogP contribution in [0.15, 0.2) is 395 Å². The zero-order valence-electron chi connectivity index (χ0n) is 80.5. The van der Waals surface area contributed by atoms with Crippen molar-refractivity contribution in [3.63, 3.8) is 0 Å². The molecule has 15 aliphatic carbocycles. The summed E-state index contributed by atoms with van der Waals surface area (Å²) in [5.74, 6) is 10.4. The van der Waals surface area contributed by atoms with Gasteiger partial charge in [-0.3, -0.25) is 0 Å². The van der Waals surface area contributed by atoms with Gasteiger partial charge in [-0.25, -0.2) is 0 Å². The van der Waals surface area contributed by atoms with Crippen LogP contribution in [-0.2, 0) is 16.2 Å². The molecule has 12 bridgehead atoms. The van der Waals surface area contributed by atoms with Gasteiger partial charge in [0.2, 0.25) is 0 Å². The first-order valence-electron chi connectivity index (χ1n) is 53.8. The van der Waals surface area contributed by atoms with Gasteiger partial charge in [-0.1, -0.05) is 249 Å². The summed E-state index contributed by atoms with van der Waals surface area (Å²) in [6.07, 6.45) is 21.5. The number of fused-ring (bicyclic) bond motifs is 27. The molecule has 144 heavy (non-hydrogen) atoms. The first-order valence-corrected chi connectivity index (χ1v) is 53.8. The lowest BCUT2D eigenvalue weighted by molar-refractivity contribution is -0.0399. The van der Waals surface area contributed by atoms with Gasteiger partial charge < -0.3 is 27.0 Å². The topological polar surface area (TPSA) is 54.2 Å². The Balaban J connectivity index is 0.0000000932. The van der Waals surface area contributed by atoms with Crippen LogP contribution in [0.1, 0.15) is 130 Å². The summed E-state index contributed by atoms with van der Waals surface area (Å²) in [7, 11) is 0. The number of hydrogen-bond donors (Lipinski definition) is 0. The van der Waals surface area contributed by atoms with E-state index in [9.17, 15) is 0 Å². The lowest BCUT2D eigenvalue weighted by atomic mass is 9.43. The first-order chi connectivity index (χ1) is 71.2. The van der Waals surface area contributed by atoms with Crippen molar-refractivity contribution in [1.29, 1.82) is 0 Å². The van der Waals surface area contributed by atoms with Gasteiger partial charge in [0.15, 0.2) is 0 Å². The maximum atomic E-state index is 6.29. The van der Waals surface area contributed by atoms with E-state index >= 15 is 0 Å². The third-order valence-corrected chi connectivity index (χ3v) is 39.5. The molecule has 6 heteroatoms. The summed E-state index contributed by atoms with van der Waals surface area (Å²) in [6.45, 7) is 0. The minimum Gasteiger partial charge on any atom is -0.456 e. The molecule has 6 nitrogen and oxygen atoms in total. The van der Waals surface area contributed by atoms with Gasteiger partial charge in [-0.15, -0.1) is 0 Å². The number of aromatic nitrogens is 3. The Morgan fingerprint density at radius 3 is 0.924 bits per heavy atom. The molecule has 3 spiro atoms. The van der Waals surface area contributed by atoms with Crippen molar-refractivity contribution >= 4 is 131 Å². The third-order valence-electron chi connectivity index (χ3n) is 39.5. The predicted molar refractivity (Wildman–Crippen MR) is 590 cm³/mol. The first kappa shape index (κ1) is 80.3. The van der Waals surface area contributed by atoms with Crippen LogP contribution in [0.25, 0.3) is 215 Å². The Kier molecular flexibility index (Phi) is 16.5. The van der Waals surface area contributed by atoms with E-state index in [0.717, 1.165) is 105 Å². The van der Waals surface area contributed by atoms with E-state index in [1.54, 1.807) is 33.4 Å². The lowest BCUT2D eigenvalue weighted by Gasteiger charge is -2.61. The van der Waals surface area contributed by atoms with E-state index in [1.165, 1.54) is 278 Å². The third kappa shape index (κ3) is 10.9. The molecule has 0 aliphatic heterocycles. The van der Waals surface area contributed by atoms with Gasteiger partial charge in [0.05, 0.1) is 33.1 Å². The summed E-state index contributed by atoms with van der Waals surface area (Å²) >= 11 is 0. The minimum absolute atomic E-state index is 0.192. The number of rotatable bonds is 6. The largest absolute Gasteiger partial charge is 0.456 e. The quantitative estimate of drug-likeness (QED) is 0.167. The van der Waals surface area contributed by atoms with Gasteiger partial charge in [0.25, 0.3) is 0 Å². The van der Waals surface area contributed by atoms with Crippen LogP contribution in [0.5, 0.6) is 0 Å². The second kappa shape index (κ2) is 29.5. The molecular formula is C138H105N3O3. The van der Waals surface area contributed by atoms with E-state index in [4.69, 9.17) is 13.3 Å². The highest BCUT2D eigenvalue weighted by atomic mass is 16.3. The Labute approximate surface area is 835 Å². The second-order valence-corrected chi connectivity index (χ2v) is 46.0. The lowest BCUT2D eigenvalue weighted by Crippen LogP contribution is -2.55. The van der Waals surface area contributed by atoms with Gasteiger partial charge in [0.1, 0.15) is 33.5 Å². The smallest absolute Gasteiger partial charge is 0.136 e. The number of nitrogens with zero attached hydrogens (tertiary/aromatic N) is 3. The summed E-state index contributed by atoms with van der Waals surface area (Å²) in [5, 5.41) is 14.8. The fraction of sp³-hybridized carbons (Fsp3) is 0.217. The second-order valence-electron chi connectivity index (χ2n) is 46.0. The molecule has 0 atom stereocenters. The van der Waals surface area contributed by atoms with E-state index in [1.807, 2.05) is 12.1 Å². The monoisotopic (exact) mass is 1850 g/mol. The Hall–Kier alpha value is -15.2. The molecule has 18 aromatic carbocycles. The van der Waals surface area contributed by atoms with E-state index in [-0.39, 0.29) is 16.2 Å². The Morgan fingerprint density at radius 2 is 0.458 bits per heavy atom. The standard InChI is InChI=1S/3C46H35NO/c1-4-12-39-34(8-1)38-26-32(17-19-40(38)46(39)30-21-27-20-28(23-30)24-31(46)22-27)47-41-13-5-2-9-35(41)36-18-16-29(25-42(36)47)33-11-7-15-44-45(33)37-10-3-6-14-43(37)48-44;1-4-10-40-34(7-1)37-26-33(15-16-41(37)46(40)31-20-27-19-28(22-31)23-32(46)21-27)47-42-11-5-2-8-35(42)38-24-29(13-17-43(38)47)30-14-18-45-39(25-30)36-9-3-6-12-44(36)48-45;1-4-10-40-34(7-1)38-26-33(15-17-41(38)46(40)31-20-27-19-28(22-31)23-32(46)21-27)47-42-11-5-2-8-35(42)39-24-29(14-18-43(39)47)30-13-16-37-36-9-3-6-12-44(36)48-45(37)25-30/h1-19,25-28,30-31H,20-24H2;2*1-18,24-28,31-32H,19-23H2. The SMILES string of the molecule is c1ccc2c(c1)-c1cc(-n3c4ccccc4c4cc(-c5ccc6c(c5)oc5ccccc56)ccc43)ccc1C21C2CC3CC(C2)CC1C3.c1ccc2c(c1)-c1cc(-n3c4ccccc4c4cc(-c5ccc6oc7ccccc7c6c5)ccc43)ccc1C21C2CC3CC(C2)CC1C3.c1ccc2c(c1)-c1cc(-n3c4ccccc4c4ccc(-c5cccc6oc7ccccc7c56)cc43)ccc1C21C2CC3CC(C2)CC1C3. The molecule has 6 heterocycles. The molecule has 690 valence electrons. The molecule has 0 amide bonds. The Morgan fingerprint density at radius 1 is 0.167 bits per heavy atom. The Bertz CT molecular complexity index is 9610. The van der Waals surface area contributed by atoms with Crippen LogP contribution >= 0.6 is 0 Å². The van der Waals surface area contributed by atoms with Crippen molar-refractivity contribution in [3.8, 4) is 83.8 Å². The summed E-state index contributed by atoms with van der Waals surface area (Å²) in [4.78, 5) is 0. The molecule has 0 saturated heterocycles. The van der Waals surface area contributed by atoms with Crippen molar-refractivity contribution in [2.24, 2.45) is 71.0 Å². The molecule has 12 saturated carbocycles. The van der Waals surface area contributed by atoms with Crippen LogP contribution in [-0.4, -0.2) is 13.7 Å². The highest BCUT2D eigenvalue weighted by Gasteiger charge is 2.65. The number of para-hydroxylation sites is 6. The van der Waals surface area contributed by atoms with Gasteiger partial charge in [-0.2, -0.15) is 0 Å². The zero-order chi connectivity index (χ0) is 93.4. The number of hydrogen-bond acceptors (Lipinski definition) is 3. The minimum atomic E-state index is 0.192. The van der Waals surface area contributed by atoms with Gasteiger partial charge >= 0.3 is 0 Å². The van der Waals surface area contributed by atoms with Crippen LogP contribution < -0.4 is 0 Å². The summed E-state index contributed by atoms with van der Waals surface area (Å²) in [6, 6.07) is 144. The van der Waals surface area contributed by atoms with E-state index < -0.39 is 0 Å². The summed E-state index contributed by atoms with van der Waals surface area (Å²) < 4.78 is 26.2. The highest BCUT2D eigenvalue weighted by molar-refractivity contribution is 6.17. The molecule has 0 unspecified atom stereocenters. The van der Waals surface area contributed by atoms with Crippen molar-refractivity contribution in [2.45, 2.75) is 113 Å². The molecule has 6 aromatic heterocycles. The molecule has 0 radical (unpaired) electrons. The average Bonchev–Trinajstić information content (AvgIpc) is 1.66. The van der Waals surface area contributed by atoms with Crippen LogP contribution in [0.2, 0.25) is 0 Å². The van der Waals surface area contributed by atoms with Crippen molar-refractivity contribution in [1.82, 2.24) is 13.7 Å². The van der Waals surface area contributed by atoms with E-state index in [2.05, 4.69) is 384 Å². The maximum Gasteiger partial charge on any atom is 0.136 e. The van der Waals surface area contributed by atoms with Crippen molar-refractivity contribution < 1.29 is 13.3 Å². The number of furan rings is 3. The van der Waals surface area contributed by atoms with Crippen LogP contribution in [0.3, 0.4) is 0 Å². The molecule has 12 fully saturated rings. The maximum absolute atomic E-state index is 6.29. The molecule has 39 rings (SSSR count). The molecule has 15 aliphatic rings. The van der Waals surface area contributed by atoms with Crippen LogP contribution in [0, 0.1) is 71.0 Å².